The van der Waals surface area contributed by atoms with E-state index in [0.717, 1.165) is 37.4 Å². The van der Waals surface area contributed by atoms with Gasteiger partial charge in [0, 0.05) is 24.3 Å². The van der Waals surface area contributed by atoms with Crippen LogP contribution >= 0.6 is 0 Å². The van der Waals surface area contributed by atoms with Crippen LogP contribution in [0.5, 0.6) is 5.75 Å². The van der Waals surface area contributed by atoms with Crippen LogP contribution in [0.2, 0.25) is 0 Å². The Bertz CT molecular complexity index is 969. The molecule has 0 saturated heterocycles. The van der Waals surface area contributed by atoms with Gasteiger partial charge in [-0.2, -0.15) is 0 Å². The highest BCUT2D eigenvalue weighted by molar-refractivity contribution is 5.99. The maximum absolute atomic E-state index is 9.55. The van der Waals surface area contributed by atoms with Crippen LogP contribution in [0.4, 0.5) is 0 Å². The number of aliphatic imine (C=N–C) groups is 1. The zero-order chi connectivity index (χ0) is 20.3. The first-order valence-corrected chi connectivity index (χ1v) is 8.95. The number of carbonyl (C=O) groups is 2. The van der Waals surface area contributed by atoms with Gasteiger partial charge in [-0.3, -0.25) is 4.99 Å². The molecule has 146 valence electrons. The molecule has 1 aliphatic heterocycles. The van der Waals surface area contributed by atoms with Crippen molar-refractivity contribution in [2.45, 2.75) is 26.3 Å². The van der Waals surface area contributed by atoms with E-state index in [9.17, 15) is 9.59 Å². The van der Waals surface area contributed by atoms with Crippen LogP contribution in [0.1, 0.15) is 23.7 Å². The van der Waals surface area contributed by atoms with Crippen LogP contribution in [-0.2, 0) is 29.0 Å². The maximum Gasteiger partial charge on any atom is 0.328 e. The van der Waals surface area contributed by atoms with Crippen molar-refractivity contribution in [3.63, 3.8) is 0 Å². The Kier molecular flexibility index (Phi) is 5.63. The number of carboxylic acids is 2. The molecule has 2 heterocycles. The van der Waals surface area contributed by atoms with Crippen molar-refractivity contribution in [1.82, 2.24) is 4.57 Å². The van der Waals surface area contributed by atoms with Gasteiger partial charge >= 0.3 is 11.9 Å². The molecule has 0 radical (unpaired) electrons. The summed E-state index contributed by atoms with van der Waals surface area (Å²) >= 11 is 0. The Labute approximate surface area is 162 Å². The van der Waals surface area contributed by atoms with Gasteiger partial charge < -0.3 is 19.5 Å². The second-order valence-corrected chi connectivity index (χ2v) is 6.56. The number of fused-ring (bicyclic) bond motifs is 5. The minimum Gasteiger partial charge on any atom is -0.497 e. The fraction of sp³-hybridized carbons (Fsp3) is 0.286. The Morgan fingerprint density at radius 2 is 1.79 bits per heavy atom. The number of benzene rings is 1. The lowest BCUT2D eigenvalue weighted by molar-refractivity contribution is -0.134. The lowest BCUT2D eigenvalue weighted by Gasteiger charge is -2.22. The summed E-state index contributed by atoms with van der Waals surface area (Å²) in [6.45, 7) is 3.99. The number of rotatable bonds is 3. The van der Waals surface area contributed by atoms with E-state index in [4.69, 9.17) is 14.9 Å². The molecule has 28 heavy (non-hydrogen) atoms. The maximum atomic E-state index is 9.55. The number of aryl methyl sites for hydroxylation is 2. The summed E-state index contributed by atoms with van der Waals surface area (Å²) in [4.78, 5) is 23.7. The molecule has 0 atom stereocenters. The molecule has 0 bridgehead atoms. The van der Waals surface area contributed by atoms with Crippen molar-refractivity contribution >= 4 is 17.7 Å². The summed E-state index contributed by atoms with van der Waals surface area (Å²) in [7, 11) is 1.73. The number of hydrogen-bond acceptors (Lipinski definition) is 4. The quantitative estimate of drug-likeness (QED) is 0.795. The molecule has 2 N–H and O–H groups in total. The molecule has 2 aliphatic rings. The van der Waals surface area contributed by atoms with E-state index < -0.39 is 11.9 Å². The Morgan fingerprint density at radius 3 is 2.43 bits per heavy atom. The Morgan fingerprint density at radius 1 is 1.11 bits per heavy atom. The lowest BCUT2D eigenvalue weighted by atomic mass is 9.90. The molecular formula is C21H22N2O5. The summed E-state index contributed by atoms with van der Waals surface area (Å²) in [6, 6.07) is 8.79. The van der Waals surface area contributed by atoms with Crippen molar-refractivity contribution in [1.29, 1.82) is 0 Å². The van der Waals surface area contributed by atoms with Crippen molar-refractivity contribution in [3.05, 3.63) is 53.2 Å². The zero-order valence-electron chi connectivity index (χ0n) is 15.8. The number of aliphatic carboxylic acids is 2. The van der Waals surface area contributed by atoms with Gasteiger partial charge in [0.05, 0.1) is 30.8 Å². The first kappa shape index (κ1) is 19.4. The molecule has 2 aromatic rings. The number of carboxylic acid groups (broad SMARTS) is 2. The van der Waals surface area contributed by atoms with Crippen LogP contribution in [-0.4, -0.2) is 46.1 Å². The minimum atomic E-state index is -1.26. The predicted octanol–water partition coefficient (Wildman–Crippen LogP) is 2.80. The third kappa shape index (κ3) is 3.98. The zero-order valence-corrected chi connectivity index (χ0v) is 15.8. The Hall–Kier alpha value is -3.35. The van der Waals surface area contributed by atoms with Crippen LogP contribution in [0, 0.1) is 0 Å². The van der Waals surface area contributed by atoms with Crippen molar-refractivity contribution in [2.24, 2.45) is 4.99 Å². The number of aromatic nitrogens is 1. The smallest absolute Gasteiger partial charge is 0.328 e. The van der Waals surface area contributed by atoms with Gasteiger partial charge in [0.1, 0.15) is 5.75 Å². The molecule has 1 aromatic carbocycles. The topological polar surface area (TPSA) is 101 Å². The van der Waals surface area contributed by atoms with E-state index in [0.29, 0.717) is 12.2 Å². The SMILES string of the molecule is COc1ccc2c(c1)-c1c(cc3n1CCN=C3C)CC2.O=C(O)/C=C/C(=O)O. The average Bonchev–Trinajstić information content (AvgIpc) is 3.07. The number of nitrogens with zero attached hydrogens (tertiary/aromatic N) is 2. The highest BCUT2D eigenvalue weighted by atomic mass is 16.5. The van der Waals surface area contributed by atoms with E-state index in [2.05, 4.69) is 40.7 Å². The van der Waals surface area contributed by atoms with Crippen LogP contribution in [0.3, 0.4) is 0 Å². The second-order valence-electron chi connectivity index (χ2n) is 6.56. The predicted molar refractivity (Wildman–Crippen MR) is 105 cm³/mol. The third-order valence-corrected chi connectivity index (χ3v) is 4.82. The second kappa shape index (κ2) is 8.12. The van der Waals surface area contributed by atoms with Crippen LogP contribution in [0.15, 0.2) is 41.4 Å². The summed E-state index contributed by atoms with van der Waals surface area (Å²) in [5, 5.41) is 15.6. The minimum absolute atomic E-state index is 0.558. The van der Waals surface area contributed by atoms with Crippen molar-refractivity contribution < 1.29 is 24.5 Å². The van der Waals surface area contributed by atoms with Gasteiger partial charge in [-0.25, -0.2) is 9.59 Å². The standard InChI is InChI=1S/C17H18N2O.C4H4O4/c1-11-16-9-13-4-3-12-5-6-14(20-2)10-15(12)17(13)19(16)8-7-18-11;5-3(6)1-2-4(7)8/h5-6,9-10H,3-4,7-8H2,1-2H3;1-2H,(H,5,6)(H,7,8)/b;2-1+. The normalized spacial score (nSPS) is 14.1. The lowest BCUT2D eigenvalue weighted by Crippen LogP contribution is -2.17. The summed E-state index contributed by atoms with van der Waals surface area (Å²) < 4.78 is 7.84. The van der Waals surface area contributed by atoms with Crippen LogP contribution in [0.25, 0.3) is 11.3 Å². The van der Waals surface area contributed by atoms with Gasteiger partial charge in [0.15, 0.2) is 0 Å². The van der Waals surface area contributed by atoms with Gasteiger partial charge in [0.2, 0.25) is 0 Å². The molecule has 0 amide bonds. The molecule has 7 nitrogen and oxygen atoms in total. The van der Waals surface area contributed by atoms with E-state index >= 15 is 0 Å². The third-order valence-electron chi connectivity index (χ3n) is 4.82. The molecule has 0 unspecified atom stereocenters. The van der Waals surface area contributed by atoms with Crippen molar-refractivity contribution in [3.8, 4) is 17.0 Å². The Balaban J connectivity index is 0.000000242. The highest BCUT2D eigenvalue weighted by Crippen LogP contribution is 2.38. The molecule has 0 spiro atoms. The summed E-state index contributed by atoms with van der Waals surface area (Å²) in [6.07, 6.45) is 3.36. The van der Waals surface area contributed by atoms with E-state index in [1.54, 1.807) is 7.11 Å². The fourth-order valence-electron chi connectivity index (χ4n) is 3.58. The van der Waals surface area contributed by atoms with Gasteiger partial charge in [-0.05, 0) is 49.1 Å². The van der Waals surface area contributed by atoms with E-state index in [1.807, 2.05) is 0 Å². The molecule has 1 aromatic heterocycles. The number of hydrogen-bond donors (Lipinski definition) is 2. The van der Waals surface area contributed by atoms with Gasteiger partial charge in [-0.1, -0.05) is 6.07 Å². The highest BCUT2D eigenvalue weighted by Gasteiger charge is 2.25. The fourth-order valence-corrected chi connectivity index (χ4v) is 3.58. The van der Waals surface area contributed by atoms with Crippen molar-refractivity contribution in [2.75, 3.05) is 13.7 Å². The molecule has 1 aliphatic carbocycles. The molecular weight excluding hydrogens is 360 g/mol. The molecule has 4 rings (SSSR count). The van der Waals surface area contributed by atoms with Gasteiger partial charge in [0.25, 0.3) is 0 Å². The van der Waals surface area contributed by atoms with Crippen LogP contribution < -0.4 is 4.74 Å². The monoisotopic (exact) mass is 382 g/mol. The number of methoxy groups -OCH3 is 1. The first-order chi connectivity index (χ1) is 13.4. The first-order valence-electron chi connectivity index (χ1n) is 8.95. The number of ether oxygens (including phenoxy) is 1. The molecule has 0 fully saturated rings. The summed E-state index contributed by atoms with van der Waals surface area (Å²) in [5.74, 6) is -1.58. The van der Waals surface area contributed by atoms with E-state index in [-0.39, 0.29) is 0 Å². The average molecular weight is 382 g/mol. The van der Waals surface area contributed by atoms with E-state index in [1.165, 1.54) is 28.1 Å². The van der Waals surface area contributed by atoms with Gasteiger partial charge in [-0.15, -0.1) is 0 Å². The molecule has 0 saturated carbocycles. The largest absolute Gasteiger partial charge is 0.497 e. The molecule has 7 heteroatoms. The summed E-state index contributed by atoms with van der Waals surface area (Å²) in [5.41, 5.74) is 8.06.